The normalized spacial score (nSPS) is 9.73. The van der Waals surface area contributed by atoms with Crippen LogP contribution in [0.2, 0.25) is 0 Å². The summed E-state index contributed by atoms with van der Waals surface area (Å²) in [5.41, 5.74) is 0. The molecule has 0 aliphatic heterocycles. The molecule has 15 heavy (non-hydrogen) atoms. The first-order chi connectivity index (χ1) is 7.26. The van der Waals surface area contributed by atoms with E-state index in [9.17, 15) is 4.79 Å². The van der Waals surface area contributed by atoms with E-state index < -0.39 is 6.09 Å². The van der Waals surface area contributed by atoms with E-state index in [1.54, 1.807) is 19.4 Å². The number of aromatic nitrogens is 1. The molecule has 0 bridgehead atoms. The molecule has 1 heterocycles. The van der Waals surface area contributed by atoms with Gasteiger partial charge in [0.05, 0.1) is 13.7 Å². The lowest BCUT2D eigenvalue weighted by Crippen LogP contribution is -2.14. The molecule has 0 aliphatic rings. The van der Waals surface area contributed by atoms with Gasteiger partial charge in [-0.05, 0) is 6.42 Å². The Hall–Kier alpha value is -1.65. The predicted octanol–water partition coefficient (Wildman–Crippen LogP) is 2.37. The molecule has 1 rings (SSSR count). The molecule has 0 fully saturated rings. The third-order valence-electron chi connectivity index (χ3n) is 1.86. The van der Waals surface area contributed by atoms with Crippen LogP contribution in [-0.4, -0.2) is 24.8 Å². The summed E-state index contributed by atoms with van der Waals surface area (Å²) in [6.45, 7) is 2.48. The van der Waals surface area contributed by atoms with Crippen LogP contribution >= 0.6 is 0 Å². The van der Waals surface area contributed by atoms with Crippen LogP contribution in [0, 0.1) is 0 Å². The van der Waals surface area contributed by atoms with Gasteiger partial charge in [0, 0.05) is 12.3 Å². The van der Waals surface area contributed by atoms with Gasteiger partial charge in [-0.3, -0.25) is 5.32 Å². The van der Waals surface area contributed by atoms with Gasteiger partial charge in [0.25, 0.3) is 0 Å². The van der Waals surface area contributed by atoms with Crippen LogP contribution in [-0.2, 0) is 4.74 Å². The third kappa shape index (κ3) is 3.93. The molecule has 1 amide bonds. The van der Waals surface area contributed by atoms with Crippen molar-refractivity contribution in [3.05, 3.63) is 12.3 Å². The summed E-state index contributed by atoms with van der Waals surface area (Å²) >= 11 is 0. The zero-order valence-electron chi connectivity index (χ0n) is 9.00. The number of aromatic amines is 1. The van der Waals surface area contributed by atoms with E-state index in [1.807, 2.05) is 6.92 Å². The fraction of sp³-hybridized carbons (Fsp3) is 0.500. The van der Waals surface area contributed by atoms with Crippen LogP contribution < -0.4 is 10.1 Å². The van der Waals surface area contributed by atoms with Crippen molar-refractivity contribution in [2.24, 2.45) is 0 Å². The highest BCUT2D eigenvalue weighted by Crippen LogP contribution is 2.15. The number of carbonyl (C=O) groups excluding carboxylic acids is 1. The van der Waals surface area contributed by atoms with Crippen LogP contribution in [0.15, 0.2) is 12.3 Å². The zero-order chi connectivity index (χ0) is 11.1. The van der Waals surface area contributed by atoms with Gasteiger partial charge < -0.3 is 14.5 Å². The summed E-state index contributed by atoms with van der Waals surface area (Å²) in [4.78, 5) is 14.0. The Kier molecular flexibility index (Phi) is 4.53. The van der Waals surface area contributed by atoms with E-state index in [0.29, 0.717) is 18.2 Å². The molecule has 1 aromatic heterocycles. The molecule has 5 heteroatoms. The predicted molar refractivity (Wildman–Crippen MR) is 57.2 cm³/mol. The summed E-state index contributed by atoms with van der Waals surface area (Å²) in [7, 11) is 1.56. The Morgan fingerprint density at radius 1 is 1.60 bits per heavy atom. The van der Waals surface area contributed by atoms with Gasteiger partial charge in [0.2, 0.25) is 0 Å². The number of ether oxygens (including phenoxy) is 2. The van der Waals surface area contributed by atoms with Crippen LogP contribution in [0.5, 0.6) is 5.75 Å². The van der Waals surface area contributed by atoms with Gasteiger partial charge in [-0.15, -0.1) is 0 Å². The van der Waals surface area contributed by atoms with Gasteiger partial charge in [0.15, 0.2) is 0 Å². The minimum absolute atomic E-state index is 0.445. The second-order valence-corrected chi connectivity index (χ2v) is 3.07. The summed E-state index contributed by atoms with van der Waals surface area (Å²) < 4.78 is 9.87. The van der Waals surface area contributed by atoms with Crippen molar-refractivity contribution in [3.8, 4) is 5.75 Å². The van der Waals surface area contributed by atoms with Crippen LogP contribution in [0.3, 0.4) is 0 Å². The van der Waals surface area contributed by atoms with Gasteiger partial charge in [-0.1, -0.05) is 13.3 Å². The van der Waals surface area contributed by atoms with Gasteiger partial charge in [-0.25, -0.2) is 4.79 Å². The second kappa shape index (κ2) is 5.95. The highest BCUT2D eigenvalue weighted by molar-refractivity contribution is 5.83. The number of amides is 1. The van der Waals surface area contributed by atoms with Crippen molar-refractivity contribution in [1.29, 1.82) is 0 Å². The molecule has 1 aromatic rings. The highest BCUT2D eigenvalue weighted by Gasteiger charge is 2.04. The fourth-order valence-corrected chi connectivity index (χ4v) is 1.02. The van der Waals surface area contributed by atoms with Crippen LogP contribution in [0.1, 0.15) is 19.8 Å². The highest BCUT2D eigenvalue weighted by atomic mass is 16.5. The minimum Gasteiger partial charge on any atom is -0.495 e. The van der Waals surface area contributed by atoms with E-state index in [0.717, 1.165) is 12.8 Å². The molecular weight excluding hydrogens is 196 g/mol. The Labute approximate surface area is 88.8 Å². The molecule has 0 aliphatic carbocycles. The number of carbonyl (C=O) groups is 1. The van der Waals surface area contributed by atoms with E-state index in [2.05, 4.69) is 10.3 Å². The van der Waals surface area contributed by atoms with Crippen molar-refractivity contribution < 1.29 is 14.3 Å². The van der Waals surface area contributed by atoms with Gasteiger partial charge in [0.1, 0.15) is 11.6 Å². The molecule has 84 valence electrons. The second-order valence-electron chi connectivity index (χ2n) is 3.07. The number of methoxy groups -OCH3 is 1. The van der Waals surface area contributed by atoms with E-state index in [1.165, 1.54) is 0 Å². The number of hydrogen-bond donors (Lipinski definition) is 2. The fourth-order valence-electron chi connectivity index (χ4n) is 1.02. The van der Waals surface area contributed by atoms with Gasteiger partial charge in [-0.2, -0.15) is 0 Å². The maximum Gasteiger partial charge on any atom is 0.412 e. The van der Waals surface area contributed by atoms with Crippen molar-refractivity contribution in [2.75, 3.05) is 19.0 Å². The minimum atomic E-state index is -0.451. The molecule has 5 nitrogen and oxygen atoms in total. The maximum atomic E-state index is 11.2. The number of H-pyrrole nitrogens is 1. The first kappa shape index (κ1) is 11.4. The maximum absolute atomic E-state index is 11.2. The molecule has 0 aromatic carbocycles. The molecule has 0 saturated heterocycles. The van der Waals surface area contributed by atoms with Crippen molar-refractivity contribution >= 4 is 11.9 Å². The van der Waals surface area contributed by atoms with Crippen LogP contribution in [0.4, 0.5) is 10.6 Å². The average Bonchev–Trinajstić information content (AvgIpc) is 2.66. The quantitative estimate of drug-likeness (QED) is 0.736. The molecule has 0 saturated carbocycles. The number of anilines is 1. The first-order valence-corrected chi connectivity index (χ1v) is 4.92. The standard InChI is InChI=1S/C10H16N2O3/c1-3-4-5-15-10(13)12-9-6-8(14-2)7-11-9/h6-7,11H,3-5H2,1-2H3,(H,12,13). The van der Waals surface area contributed by atoms with Gasteiger partial charge >= 0.3 is 6.09 Å². The monoisotopic (exact) mass is 212 g/mol. The zero-order valence-corrected chi connectivity index (χ0v) is 9.00. The van der Waals surface area contributed by atoms with Crippen molar-refractivity contribution in [1.82, 2.24) is 4.98 Å². The Morgan fingerprint density at radius 3 is 3.00 bits per heavy atom. The third-order valence-corrected chi connectivity index (χ3v) is 1.86. The number of rotatable bonds is 5. The number of unbranched alkanes of at least 4 members (excludes halogenated alkanes) is 1. The average molecular weight is 212 g/mol. The van der Waals surface area contributed by atoms with Crippen molar-refractivity contribution in [2.45, 2.75) is 19.8 Å². The summed E-state index contributed by atoms with van der Waals surface area (Å²) in [6.07, 6.45) is 3.08. The molecule has 2 N–H and O–H groups in total. The van der Waals surface area contributed by atoms with Crippen LogP contribution in [0.25, 0.3) is 0 Å². The molecule has 0 radical (unpaired) electrons. The Bertz CT molecular complexity index is 309. The van der Waals surface area contributed by atoms with Crippen molar-refractivity contribution in [3.63, 3.8) is 0 Å². The number of hydrogen-bond acceptors (Lipinski definition) is 3. The SMILES string of the molecule is CCCCOC(=O)Nc1cc(OC)c[nH]1. The first-order valence-electron chi connectivity index (χ1n) is 4.92. The number of nitrogens with one attached hydrogen (secondary N) is 2. The van der Waals surface area contributed by atoms with E-state index in [-0.39, 0.29) is 0 Å². The summed E-state index contributed by atoms with van der Waals surface area (Å²) in [5.74, 6) is 1.23. The smallest absolute Gasteiger partial charge is 0.412 e. The Morgan fingerprint density at radius 2 is 2.40 bits per heavy atom. The summed E-state index contributed by atoms with van der Waals surface area (Å²) in [5, 5.41) is 2.56. The topological polar surface area (TPSA) is 63.4 Å². The Balaban J connectivity index is 2.31. The lowest BCUT2D eigenvalue weighted by Gasteiger charge is -2.03. The molecule has 0 spiro atoms. The van der Waals surface area contributed by atoms with E-state index in [4.69, 9.17) is 9.47 Å². The molecule has 0 atom stereocenters. The van der Waals surface area contributed by atoms with E-state index >= 15 is 0 Å². The largest absolute Gasteiger partial charge is 0.495 e. The molecule has 0 unspecified atom stereocenters. The molecular formula is C10H16N2O3. The lowest BCUT2D eigenvalue weighted by molar-refractivity contribution is 0.160. The summed E-state index contributed by atoms with van der Waals surface area (Å²) in [6, 6.07) is 1.68. The lowest BCUT2D eigenvalue weighted by atomic mass is 10.4.